The summed E-state index contributed by atoms with van der Waals surface area (Å²) in [5.41, 5.74) is 3.82. The number of alkyl halides is 2. The number of benzene rings is 2. The van der Waals surface area contributed by atoms with E-state index in [2.05, 4.69) is 4.74 Å². The van der Waals surface area contributed by atoms with Gasteiger partial charge >= 0.3 is 12.2 Å². The van der Waals surface area contributed by atoms with Crippen molar-refractivity contribution in [1.82, 2.24) is 4.90 Å². The second kappa shape index (κ2) is 8.61. The van der Waals surface area contributed by atoms with Crippen LogP contribution in [0.25, 0.3) is 11.0 Å². The van der Waals surface area contributed by atoms with E-state index in [4.69, 9.17) is 9.15 Å². The molecule has 0 bridgehead atoms. The molecule has 0 atom stereocenters. The molecule has 0 N–H and O–H groups in total. The molecule has 29 heavy (non-hydrogen) atoms. The Morgan fingerprint density at radius 3 is 2.52 bits per heavy atom. The predicted molar refractivity (Wildman–Crippen MR) is 107 cm³/mol. The molecule has 7 heteroatoms. The fourth-order valence-electron chi connectivity index (χ4n) is 3.32. The predicted octanol–water partition coefficient (Wildman–Crippen LogP) is 4.65. The summed E-state index contributed by atoms with van der Waals surface area (Å²) in [6, 6.07) is 10.4. The second-order valence-electron chi connectivity index (χ2n) is 7.01. The van der Waals surface area contributed by atoms with Gasteiger partial charge in [0.05, 0.1) is 7.11 Å². The largest absolute Gasteiger partial charge is 0.493 e. The minimum absolute atomic E-state index is 0.00898. The molecule has 3 aromatic rings. The fraction of sp³-hybridized carbons (Fsp3) is 0.318. The molecule has 1 aromatic heterocycles. The average Bonchev–Trinajstić information content (AvgIpc) is 2.64. The number of hydrogen-bond acceptors (Lipinski definition) is 5. The van der Waals surface area contributed by atoms with E-state index in [9.17, 15) is 13.6 Å². The third kappa shape index (κ3) is 4.74. The van der Waals surface area contributed by atoms with Crippen LogP contribution < -0.4 is 15.1 Å². The van der Waals surface area contributed by atoms with Crippen LogP contribution in [0.3, 0.4) is 0 Å². The van der Waals surface area contributed by atoms with Crippen molar-refractivity contribution < 1.29 is 22.7 Å². The maximum absolute atomic E-state index is 12.6. The Balaban J connectivity index is 1.85. The normalized spacial score (nSPS) is 11.4. The van der Waals surface area contributed by atoms with Crippen LogP contribution in [0.2, 0.25) is 0 Å². The highest BCUT2D eigenvalue weighted by Crippen LogP contribution is 2.30. The first-order valence-corrected chi connectivity index (χ1v) is 9.11. The van der Waals surface area contributed by atoms with Gasteiger partial charge in [0, 0.05) is 24.5 Å². The summed E-state index contributed by atoms with van der Waals surface area (Å²) >= 11 is 0. The van der Waals surface area contributed by atoms with Crippen LogP contribution in [-0.2, 0) is 13.1 Å². The lowest BCUT2D eigenvalue weighted by atomic mass is 10.0. The highest BCUT2D eigenvalue weighted by Gasteiger charge is 2.14. The van der Waals surface area contributed by atoms with Crippen LogP contribution in [-0.4, -0.2) is 25.7 Å². The number of rotatable bonds is 7. The van der Waals surface area contributed by atoms with Gasteiger partial charge < -0.3 is 13.9 Å². The molecule has 0 fully saturated rings. The molecule has 0 amide bonds. The van der Waals surface area contributed by atoms with Crippen LogP contribution in [0.5, 0.6) is 11.5 Å². The maximum atomic E-state index is 12.6. The lowest BCUT2D eigenvalue weighted by Gasteiger charge is -2.19. The molecule has 154 valence electrons. The Labute approximate surface area is 167 Å². The Hall–Kier alpha value is -2.93. The first kappa shape index (κ1) is 20.8. The molecule has 0 aliphatic rings. The van der Waals surface area contributed by atoms with Crippen LogP contribution in [0.4, 0.5) is 8.78 Å². The van der Waals surface area contributed by atoms with E-state index in [0.717, 1.165) is 27.6 Å². The van der Waals surface area contributed by atoms with Gasteiger partial charge in [-0.1, -0.05) is 18.2 Å². The first-order chi connectivity index (χ1) is 13.8. The van der Waals surface area contributed by atoms with Crippen molar-refractivity contribution in [1.29, 1.82) is 0 Å². The maximum Gasteiger partial charge on any atom is 0.387 e. The zero-order valence-electron chi connectivity index (χ0n) is 16.8. The zero-order chi connectivity index (χ0) is 21.1. The van der Waals surface area contributed by atoms with Crippen LogP contribution >= 0.6 is 0 Å². The molecule has 0 aliphatic carbocycles. The summed E-state index contributed by atoms with van der Waals surface area (Å²) in [5.74, 6) is 0.236. The van der Waals surface area contributed by atoms with E-state index in [1.807, 2.05) is 37.9 Å². The van der Waals surface area contributed by atoms with Gasteiger partial charge in [-0.25, -0.2) is 4.79 Å². The van der Waals surface area contributed by atoms with Gasteiger partial charge in [0.15, 0.2) is 11.5 Å². The van der Waals surface area contributed by atoms with Crippen molar-refractivity contribution in [3.05, 3.63) is 69.1 Å². The highest BCUT2D eigenvalue weighted by molar-refractivity contribution is 5.83. The Morgan fingerprint density at radius 1 is 1.07 bits per heavy atom. The van der Waals surface area contributed by atoms with Gasteiger partial charge in [0.1, 0.15) is 5.58 Å². The Kier molecular flexibility index (Phi) is 6.17. The molecule has 2 aromatic carbocycles. The minimum atomic E-state index is -2.93. The topological polar surface area (TPSA) is 51.9 Å². The van der Waals surface area contributed by atoms with E-state index in [0.29, 0.717) is 18.7 Å². The molecule has 0 radical (unpaired) electrons. The molecule has 0 saturated heterocycles. The second-order valence-corrected chi connectivity index (χ2v) is 7.01. The quantitative estimate of drug-likeness (QED) is 0.538. The van der Waals surface area contributed by atoms with Crippen molar-refractivity contribution in [2.24, 2.45) is 0 Å². The average molecular weight is 403 g/mol. The summed E-state index contributed by atoms with van der Waals surface area (Å²) in [6.07, 6.45) is 0. The van der Waals surface area contributed by atoms with Crippen molar-refractivity contribution in [2.75, 3.05) is 14.2 Å². The van der Waals surface area contributed by atoms with Gasteiger partial charge in [-0.15, -0.1) is 0 Å². The van der Waals surface area contributed by atoms with Crippen LogP contribution in [0, 0.1) is 13.8 Å². The molecule has 0 saturated carbocycles. The highest BCUT2D eigenvalue weighted by atomic mass is 19.3. The standard InChI is InChI=1S/C22H23F2NO4/c1-13-5-7-17-16(10-20(26)29-21(17)14(13)2)12-25(3)11-15-6-8-18(27-4)19(9-15)28-22(23)24/h5-10,22H,11-12H2,1-4H3. The van der Waals surface area contributed by atoms with E-state index in [1.165, 1.54) is 19.2 Å². The first-order valence-electron chi connectivity index (χ1n) is 9.11. The summed E-state index contributed by atoms with van der Waals surface area (Å²) in [5, 5.41) is 0.885. The number of nitrogens with zero attached hydrogens (tertiary/aromatic N) is 1. The van der Waals surface area contributed by atoms with Crippen molar-refractivity contribution in [3.8, 4) is 11.5 Å². The summed E-state index contributed by atoms with van der Waals surface area (Å²) in [7, 11) is 3.29. The van der Waals surface area contributed by atoms with Crippen LogP contribution in [0.1, 0.15) is 22.3 Å². The van der Waals surface area contributed by atoms with Gasteiger partial charge in [-0.05, 0) is 55.3 Å². The molecule has 0 spiro atoms. The minimum Gasteiger partial charge on any atom is -0.493 e. The lowest BCUT2D eigenvalue weighted by molar-refractivity contribution is -0.0512. The van der Waals surface area contributed by atoms with E-state index in [-0.39, 0.29) is 11.5 Å². The third-order valence-corrected chi connectivity index (χ3v) is 4.85. The monoisotopic (exact) mass is 403 g/mol. The zero-order valence-corrected chi connectivity index (χ0v) is 16.8. The summed E-state index contributed by atoms with van der Waals surface area (Å²) < 4.78 is 40.3. The summed E-state index contributed by atoms with van der Waals surface area (Å²) in [4.78, 5) is 14.0. The Morgan fingerprint density at radius 2 is 1.83 bits per heavy atom. The van der Waals surface area contributed by atoms with Crippen molar-refractivity contribution >= 4 is 11.0 Å². The number of aryl methyl sites for hydroxylation is 2. The van der Waals surface area contributed by atoms with Gasteiger partial charge in [0.25, 0.3) is 0 Å². The van der Waals surface area contributed by atoms with Crippen molar-refractivity contribution in [2.45, 2.75) is 33.5 Å². The molecule has 5 nitrogen and oxygen atoms in total. The molecule has 3 rings (SSSR count). The molecular formula is C22H23F2NO4. The van der Waals surface area contributed by atoms with Crippen LogP contribution in [0.15, 0.2) is 45.6 Å². The number of ether oxygens (including phenoxy) is 2. The van der Waals surface area contributed by atoms with Crippen molar-refractivity contribution in [3.63, 3.8) is 0 Å². The number of methoxy groups -OCH3 is 1. The fourth-order valence-corrected chi connectivity index (χ4v) is 3.32. The van der Waals surface area contributed by atoms with Gasteiger partial charge in [-0.2, -0.15) is 8.78 Å². The SMILES string of the molecule is COc1ccc(CN(C)Cc2cc(=O)oc3c(C)c(C)ccc23)cc1OC(F)F. The molecule has 0 unspecified atom stereocenters. The molecule has 1 heterocycles. The van der Waals surface area contributed by atoms with E-state index in [1.54, 1.807) is 12.1 Å². The third-order valence-electron chi connectivity index (χ3n) is 4.85. The van der Waals surface area contributed by atoms with Gasteiger partial charge in [0.2, 0.25) is 0 Å². The Bertz CT molecular complexity index is 1080. The number of fused-ring (bicyclic) bond motifs is 1. The molecule has 0 aliphatic heterocycles. The summed E-state index contributed by atoms with van der Waals surface area (Å²) in [6.45, 7) is 1.92. The van der Waals surface area contributed by atoms with Gasteiger partial charge in [-0.3, -0.25) is 4.90 Å². The smallest absolute Gasteiger partial charge is 0.387 e. The number of halogens is 2. The molecular weight excluding hydrogens is 380 g/mol. The lowest BCUT2D eigenvalue weighted by Crippen LogP contribution is -2.19. The van der Waals surface area contributed by atoms with E-state index >= 15 is 0 Å². The number of hydrogen-bond donors (Lipinski definition) is 0. The van der Waals surface area contributed by atoms with E-state index < -0.39 is 12.2 Å².